The molecule has 1 atom stereocenters. The van der Waals surface area contributed by atoms with E-state index in [0.717, 1.165) is 6.42 Å². The molecule has 0 N–H and O–H groups in total. The zero-order chi connectivity index (χ0) is 27.4. The molecular formula is C38H37N. The number of hydrogen-bond donors (Lipinski definition) is 0. The number of fused-ring (bicyclic) bond motifs is 6. The van der Waals surface area contributed by atoms with E-state index in [1.807, 2.05) is 0 Å². The second-order valence-electron chi connectivity index (χ2n) is 11.6. The maximum absolute atomic E-state index is 4.16. The van der Waals surface area contributed by atoms with Crippen molar-refractivity contribution in [2.24, 2.45) is 0 Å². The lowest BCUT2D eigenvalue weighted by Gasteiger charge is -2.28. The van der Waals surface area contributed by atoms with Gasteiger partial charge in [-0.05, 0) is 74.9 Å². The fourth-order valence-corrected chi connectivity index (χ4v) is 7.22. The predicted octanol–water partition coefficient (Wildman–Crippen LogP) is 10.0. The SMILES string of the molecule is C=CCC1(C)C(/C=C/C=C2/N(C)c3ccc4ccccc4c3C2(C)C)=C(/C=C/C)c2ccc3ccccc3c21. The van der Waals surface area contributed by atoms with E-state index in [1.165, 1.54) is 60.8 Å². The molecule has 1 nitrogen and oxygen atoms in total. The van der Waals surface area contributed by atoms with Crippen molar-refractivity contribution in [3.63, 3.8) is 0 Å². The highest BCUT2D eigenvalue weighted by Gasteiger charge is 2.41. The number of allylic oxidation sites excluding steroid dienone is 9. The molecule has 194 valence electrons. The van der Waals surface area contributed by atoms with Crippen LogP contribution in [0.1, 0.15) is 50.8 Å². The minimum atomic E-state index is -0.155. The quantitative estimate of drug-likeness (QED) is 0.243. The van der Waals surface area contributed by atoms with Crippen LogP contribution in [0.2, 0.25) is 0 Å². The van der Waals surface area contributed by atoms with Crippen molar-refractivity contribution in [1.82, 2.24) is 0 Å². The van der Waals surface area contributed by atoms with Crippen LogP contribution in [0.3, 0.4) is 0 Å². The molecule has 0 aromatic heterocycles. The first-order valence-corrected chi connectivity index (χ1v) is 14.0. The van der Waals surface area contributed by atoms with Crippen molar-refractivity contribution in [1.29, 1.82) is 0 Å². The molecule has 4 aromatic carbocycles. The van der Waals surface area contributed by atoms with Gasteiger partial charge in [-0.3, -0.25) is 0 Å². The molecule has 1 heterocycles. The third-order valence-corrected chi connectivity index (χ3v) is 8.95. The third kappa shape index (κ3) is 3.67. The van der Waals surface area contributed by atoms with E-state index < -0.39 is 0 Å². The van der Waals surface area contributed by atoms with E-state index in [4.69, 9.17) is 0 Å². The number of anilines is 1. The summed E-state index contributed by atoms with van der Waals surface area (Å²) in [5.74, 6) is 0. The van der Waals surface area contributed by atoms with Crippen LogP contribution in [0.5, 0.6) is 0 Å². The fraction of sp³-hybridized carbons (Fsp3) is 0.211. The molecular weight excluding hydrogens is 470 g/mol. The Balaban J connectivity index is 1.48. The Labute approximate surface area is 233 Å². The van der Waals surface area contributed by atoms with Crippen molar-refractivity contribution >= 4 is 32.8 Å². The van der Waals surface area contributed by atoms with Gasteiger partial charge in [0.05, 0.1) is 0 Å². The van der Waals surface area contributed by atoms with Crippen LogP contribution >= 0.6 is 0 Å². The van der Waals surface area contributed by atoms with Crippen molar-refractivity contribution in [3.8, 4) is 0 Å². The minimum Gasteiger partial charge on any atom is -0.347 e. The minimum absolute atomic E-state index is 0.102. The van der Waals surface area contributed by atoms with Crippen LogP contribution in [-0.2, 0) is 10.8 Å². The Kier molecular flexibility index (Phi) is 5.99. The van der Waals surface area contributed by atoms with Crippen LogP contribution < -0.4 is 4.90 Å². The second kappa shape index (κ2) is 9.27. The highest BCUT2D eigenvalue weighted by molar-refractivity contribution is 5.99. The number of benzene rings is 4. The molecule has 4 aromatic rings. The number of likely N-dealkylation sites (N-methyl/N-ethyl adjacent to an activating group) is 1. The molecule has 0 amide bonds. The smallest absolute Gasteiger partial charge is 0.0454 e. The number of hydrogen-bond acceptors (Lipinski definition) is 1. The topological polar surface area (TPSA) is 3.24 Å². The van der Waals surface area contributed by atoms with E-state index in [2.05, 4.69) is 155 Å². The summed E-state index contributed by atoms with van der Waals surface area (Å²) in [6.45, 7) is 13.4. The molecule has 2 aliphatic rings. The van der Waals surface area contributed by atoms with E-state index in [9.17, 15) is 0 Å². The summed E-state index contributed by atoms with van der Waals surface area (Å²) in [5.41, 5.74) is 9.17. The summed E-state index contributed by atoms with van der Waals surface area (Å²) in [7, 11) is 2.20. The first-order chi connectivity index (χ1) is 18.8. The van der Waals surface area contributed by atoms with Crippen molar-refractivity contribution in [3.05, 3.63) is 144 Å². The Morgan fingerprint density at radius 1 is 0.795 bits per heavy atom. The zero-order valence-corrected chi connectivity index (χ0v) is 23.8. The fourth-order valence-electron chi connectivity index (χ4n) is 7.22. The molecule has 0 bridgehead atoms. The molecule has 39 heavy (non-hydrogen) atoms. The van der Waals surface area contributed by atoms with Crippen LogP contribution in [0.15, 0.2) is 127 Å². The van der Waals surface area contributed by atoms with Crippen LogP contribution in [0.4, 0.5) is 5.69 Å². The lowest BCUT2D eigenvalue weighted by atomic mass is 9.74. The van der Waals surface area contributed by atoms with Crippen molar-refractivity contribution in [2.45, 2.75) is 44.9 Å². The molecule has 0 spiro atoms. The van der Waals surface area contributed by atoms with E-state index >= 15 is 0 Å². The summed E-state index contributed by atoms with van der Waals surface area (Å²) in [4.78, 5) is 2.37. The standard InChI is InChI=1S/C38H37N/c1-7-14-30-31-23-21-26-15-9-11-17-28(26)35(31)38(5,25-8-2)32(30)19-13-20-34-37(3,4)36-29-18-12-10-16-27(29)22-24-33(36)39(34)6/h7-24H,2,25H2,1,3-6H3/b14-7+,19-13+,34-20+. The first-order valence-electron chi connectivity index (χ1n) is 14.0. The summed E-state index contributed by atoms with van der Waals surface area (Å²) in [6, 6.07) is 26.6. The van der Waals surface area contributed by atoms with Crippen molar-refractivity contribution < 1.29 is 0 Å². The maximum Gasteiger partial charge on any atom is 0.0454 e. The molecule has 1 aliphatic heterocycles. The van der Waals surface area contributed by atoms with Crippen molar-refractivity contribution in [2.75, 3.05) is 11.9 Å². The van der Waals surface area contributed by atoms with Gasteiger partial charge < -0.3 is 4.90 Å². The van der Waals surface area contributed by atoms with Gasteiger partial charge in [0.25, 0.3) is 0 Å². The van der Waals surface area contributed by atoms with Gasteiger partial charge in [-0.15, -0.1) is 6.58 Å². The van der Waals surface area contributed by atoms with Crippen LogP contribution in [-0.4, -0.2) is 7.05 Å². The highest BCUT2D eigenvalue weighted by atomic mass is 15.2. The maximum atomic E-state index is 4.16. The second-order valence-corrected chi connectivity index (χ2v) is 11.6. The largest absolute Gasteiger partial charge is 0.347 e. The van der Waals surface area contributed by atoms with Gasteiger partial charge in [0.1, 0.15) is 0 Å². The lowest BCUT2D eigenvalue weighted by Crippen LogP contribution is -2.23. The molecule has 6 rings (SSSR count). The molecule has 1 aliphatic carbocycles. The van der Waals surface area contributed by atoms with Crippen LogP contribution in [0, 0.1) is 0 Å². The Hall–Kier alpha value is -4.10. The monoisotopic (exact) mass is 507 g/mol. The molecule has 1 heteroatoms. The van der Waals surface area contributed by atoms with Crippen LogP contribution in [0.25, 0.3) is 27.1 Å². The van der Waals surface area contributed by atoms with Gasteiger partial charge in [-0.25, -0.2) is 0 Å². The predicted molar refractivity (Wildman–Crippen MR) is 170 cm³/mol. The molecule has 0 radical (unpaired) electrons. The Morgan fingerprint density at radius 2 is 1.44 bits per heavy atom. The summed E-state index contributed by atoms with van der Waals surface area (Å²) in [5, 5.41) is 5.26. The third-order valence-electron chi connectivity index (χ3n) is 8.95. The summed E-state index contributed by atoms with van der Waals surface area (Å²) >= 11 is 0. The number of rotatable bonds is 5. The zero-order valence-electron chi connectivity index (χ0n) is 23.8. The average molecular weight is 508 g/mol. The molecule has 0 saturated heterocycles. The molecule has 0 saturated carbocycles. The van der Waals surface area contributed by atoms with Gasteiger partial charge in [0.2, 0.25) is 0 Å². The summed E-state index contributed by atoms with van der Waals surface area (Å²) < 4.78 is 0. The summed E-state index contributed by atoms with van der Waals surface area (Å²) in [6.07, 6.45) is 14.4. The van der Waals surface area contributed by atoms with Gasteiger partial charge in [-0.2, -0.15) is 0 Å². The average Bonchev–Trinajstić information content (AvgIpc) is 3.29. The first kappa shape index (κ1) is 25.2. The van der Waals surface area contributed by atoms with Gasteiger partial charge in [0, 0.05) is 29.3 Å². The Morgan fingerprint density at radius 3 is 2.10 bits per heavy atom. The highest BCUT2D eigenvalue weighted by Crippen LogP contribution is 2.53. The van der Waals surface area contributed by atoms with Gasteiger partial charge in [0.15, 0.2) is 0 Å². The molecule has 1 unspecified atom stereocenters. The van der Waals surface area contributed by atoms with E-state index in [0.29, 0.717) is 0 Å². The van der Waals surface area contributed by atoms with Gasteiger partial charge in [-0.1, -0.05) is 118 Å². The normalized spacial score (nSPS) is 21.2. The lowest BCUT2D eigenvalue weighted by molar-refractivity contribution is 0.597. The van der Waals surface area contributed by atoms with E-state index in [1.54, 1.807) is 0 Å². The number of nitrogens with zero attached hydrogens (tertiary/aromatic N) is 1. The molecule has 0 fully saturated rings. The van der Waals surface area contributed by atoms with E-state index in [-0.39, 0.29) is 10.8 Å². The van der Waals surface area contributed by atoms with Gasteiger partial charge >= 0.3 is 0 Å². The Bertz CT molecular complexity index is 1760.